The lowest BCUT2D eigenvalue weighted by Gasteiger charge is -2.21. The number of benzene rings is 2. The topological polar surface area (TPSA) is 54.5 Å². The van der Waals surface area contributed by atoms with Crippen LogP contribution >= 0.6 is 11.6 Å². The Labute approximate surface area is 148 Å². The Hall–Kier alpha value is -1.85. The van der Waals surface area contributed by atoms with E-state index in [0.717, 1.165) is 5.56 Å². The van der Waals surface area contributed by atoms with E-state index in [1.165, 1.54) is 12.1 Å². The average Bonchev–Trinajstić information content (AvgIpc) is 2.59. The molecule has 0 radical (unpaired) electrons. The normalized spacial score (nSPS) is 11.2. The van der Waals surface area contributed by atoms with Gasteiger partial charge in [-0.25, -0.2) is 8.42 Å². The second-order valence-corrected chi connectivity index (χ2v) is 7.88. The van der Waals surface area contributed by atoms with Crippen molar-refractivity contribution in [3.8, 4) is 0 Å². The highest BCUT2D eigenvalue weighted by Gasteiger charge is 2.21. The van der Waals surface area contributed by atoms with Crippen LogP contribution in [0.2, 0.25) is 5.02 Å². The zero-order valence-electron chi connectivity index (χ0n) is 13.5. The molecule has 2 rings (SSSR count). The predicted molar refractivity (Wildman–Crippen MR) is 95.7 cm³/mol. The first-order valence-electron chi connectivity index (χ1n) is 7.73. The molecule has 0 bridgehead atoms. The maximum Gasteiger partial charge on any atom is 0.223 e. The van der Waals surface area contributed by atoms with Gasteiger partial charge in [0, 0.05) is 19.5 Å². The van der Waals surface area contributed by atoms with Crippen LogP contribution in [0.5, 0.6) is 0 Å². The Balaban J connectivity index is 2.02. The molecule has 128 valence electrons. The Bertz CT molecular complexity index is 791. The molecule has 0 fully saturated rings. The molecule has 0 aliphatic carbocycles. The third-order valence-corrected chi connectivity index (χ3v) is 5.92. The summed E-state index contributed by atoms with van der Waals surface area (Å²) < 4.78 is 24.7. The van der Waals surface area contributed by atoms with E-state index in [1.54, 1.807) is 17.0 Å². The second kappa shape index (κ2) is 8.31. The van der Waals surface area contributed by atoms with E-state index in [0.29, 0.717) is 13.1 Å². The van der Waals surface area contributed by atoms with Gasteiger partial charge in [0.1, 0.15) is 0 Å². The highest BCUT2D eigenvalue weighted by Crippen LogP contribution is 2.22. The number of rotatable bonds is 7. The summed E-state index contributed by atoms with van der Waals surface area (Å²) >= 11 is 5.95. The van der Waals surface area contributed by atoms with Crippen LogP contribution in [-0.2, 0) is 21.2 Å². The Morgan fingerprint density at radius 1 is 1.04 bits per heavy atom. The van der Waals surface area contributed by atoms with Gasteiger partial charge in [0.05, 0.1) is 15.7 Å². The molecule has 0 unspecified atom stereocenters. The fraction of sp³-hybridized carbons (Fsp3) is 0.278. The molecule has 0 saturated heterocycles. The van der Waals surface area contributed by atoms with Crippen LogP contribution in [0.4, 0.5) is 0 Å². The van der Waals surface area contributed by atoms with Gasteiger partial charge < -0.3 is 4.90 Å². The van der Waals surface area contributed by atoms with Gasteiger partial charge in [0.2, 0.25) is 5.91 Å². The molecule has 6 heteroatoms. The van der Waals surface area contributed by atoms with Crippen LogP contribution in [0.3, 0.4) is 0 Å². The van der Waals surface area contributed by atoms with Crippen LogP contribution in [0.1, 0.15) is 18.9 Å². The Morgan fingerprint density at radius 3 is 2.29 bits per heavy atom. The summed E-state index contributed by atoms with van der Waals surface area (Å²) in [7, 11) is -3.58. The van der Waals surface area contributed by atoms with Crippen molar-refractivity contribution in [2.24, 2.45) is 0 Å². The number of sulfone groups is 1. The van der Waals surface area contributed by atoms with Crippen LogP contribution in [0.25, 0.3) is 0 Å². The molecule has 0 aliphatic rings. The molecule has 0 saturated carbocycles. The first kappa shape index (κ1) is 18.5. The fourth-order valence-electron chi connectivity index (χ4n) is 2.37. The van der Waals surface area contributed by atoms with Crippen LogP contribution < -0.4 is 0 Å². The molecule has 1 amide bonds. The lowest BCUT2D eigenvalue weighted by Crippen LogP contribution is -2.31. The van der Waals surface area contributed by atoms with Gasteiger partial charge in [-0.1, -0.05) is 54.1 Å². The molecule has 0 aliphatic heterocycles. The molecule has 0 aromatic heterocycles. The highest BCUT2D eigenvalue weighted by atomic mass is 35.5. The summed E-state index contributed by atoms with van der Waals surface area (Å²) in [5, 5.41) is 0.182. The third-order valence-electron chi connectivity index (χ3n) is 3.71. The zero-order valence-corrected chi connectivity index (χ0v) is 15.1. The highest BCUT2D eigenvalue weighted by molar-refractivity contribution is 7.91. The van der Waals surface area contributed by atoms with Gasteiger partial charge in [-0.2, -0.15) is 0 Å². The molecular formula is C18H20ClNO3S. The van der Waals surface area contributed by atoms with Crippen LogP contribution in [-0.4, -0.2) is 31.5 Å². The van der Waals surface area contributed by atoms with Gasteiger partial charge in [-0.3, -0.25) is 4.79 Å². The SMILES string of the molecule is CCN(Cc1ccccc1)C(=O)CCS(=O)(=O)c1ccccc1Cl. The summed E-state index contributed by atoms with van der Waals surface area (Å²) in [5.74, 6) is -0.433. The van der Waals surface area contributed by atoms with Gasteiger partial charge in [-0.05, 0) is 24.6 Å². The zero-order chi connectivity index (χ0) is 17.6. The second-order valence-electron chi connectivity index (χ2n) is 5.39. The first-order chi connectivity index (χ1) is 11.4. The van der Waals surface area contributed by atoms with E-state index in [2.05, 4.69) is 0 Å². The van der Waals surface area contributed by atoms with Crippen molar-refractivity contribution >= 4 is 27.3 Å². The number of halogens is 1. The lowest BCUT2D eigenvalue weighted by atomic mass is 10.2. The summed E-state index contributed by atoms with van der Waals surface area (Å²) in [6.45, 7) is 2.88. The quantitative estimate of drug-likeness (QED) is 0.753. The molecule has 2 aromatic carbocycles. The summed E-state index contributed by atoms with van der Waals surface area (Å²) in [5.41, 5.74) is 1.02. The molecule has 0 atom stereocenters. The predicted octanol–water partition coefficient (Wildman–Crippen LogP) is 3.55. The largest absolute Gasteiger partial charge is 0.339 e. The van der Waals surface area contributed by atoms with E-state index < -0.39 is 9.84 Å². The van der Waals surface area contributed by atoms with Gasteiger partial charge >= 0.3 is 0 Å². The first-order valence-corrected chi connectivity index (χ1v) is 9.76. The molecule has 24 heavy (non-hydrogen) atoms. The molecule has 0 N–H and O–H groups in total. The smallest absolute Gasteiger partial charge is 0.223 e. The van der Waals surface area contributed by atoms with Crippen LogP contribution in [0, 0.1) is 0 Å². The summed E-state index contributed by atoms with van der Waals surface area (Å²) in [4.78, 5) is 14.1. The van der Waals surface area contributed by atoms with Crippen molar-refractivity contribution in [1.29, 1.82) is 0 Å². The van der Waals surface area contributed by atoms with Crippen molar-refractivity contribution in [1.82, 2.24) is 4.90 Å². The van der Waals surface area contributed by atoms with E-state index in [-0.39, 0.29) is 28.0 Å². The van der Waals surface area contributed by atoms with Crippen molar-refractivity contribution in [2.75, 3.05) is 12.3 Å². The molecule has 0 heterocycles. The van der Waals surface area contributed by atoms with E-state index in [1.807, 2.05) is 37.3 Å². The van der Waals surface area contributed by atoms with Gasteiger partial charge in [0.15, 0.2) is 9.84 Å². The lowest BCUT2D eigenvalue weighted by molar-refractivity contribution is -0.131. The minimum absolute atomic E-state index is 0.0613. The van der Waals surface area contributed by atoms with Crippen LogP contribution in [0.15, 0.2) is 59.5 Å². The van der Waals surface area contributed by atoms with Crippen molar-refractivity contribution < 1.29 is 13.2 Å². The number of nitrogens with zero attached hydrogens (tertiary/aromatic N) is 1. The molecule has 4 nitrogen and oxygen atoms in total. The monoisotopic (exact) mass is 365 g/mol. The Morgan fingerprint density at radius 2 is 1.67 bits per heavy atom. The maximum atomic E-state index is 12.4. The molecule has 2 aromatic rings. The van der Waals surface area contributed by atoms with Crippen molar-refractivity contribution in [3.63, 3.8) is 0 Å². The van der Waals surface area contributed by atoms with Crippen molar-refractivity contribution in [3.05, 3.63) is 65.2 Å². The summed E-state index contributed by atoms with van der Waals surface area (Å²) in [6, 6.07) is 15.9. The van der Waals surface area contributed by atoms with E-state index >= 15 is 0 Å². The van der Waals surface area contributed by atoms with E-state index in [4.69, 9.17) is 11.6 Å². The van der Waals surface area contributed by atoms with E-state index in [9.17, 15) is 13.2 Å². The fourth-order valence-corrected chi connectivity index (χ4v) is 4.17. The molecular weight excluding hydrogens is 346 g/mol. The van der Waals surface area contributed by atoms with Gasteiger partial charge in [-0.15, -0.1) is 0 Å². The summed E-state index contributed by atoms with van der Waals surface area (Å²) in [6.07, 6.45) is -0.0613. The number of amides is 1. The number of carbonyl (C=O) groups is 1. The molecule has 0 spiro atoms. The number of carbonyl (C=O) groups excluding carboxylic acids is 1. The minimum Gasteiger partial charge on any atom is -0.339 e. The van der Waals surface area contributed by atoms with Crippen molar-refractivity contribution in [2.45, 2.75) is 24.8 Å². The standard InChI is InChI=1S/C18H20ClNO3S/c1-2-20(14-15-8-4-3-5-9-15)18(21)12-13-24(22,23)17-11-7-6-10-16(17)19/h3-11H,2,12-14H2,1H3. The number of hydrogen-bond donors (Lipinski definition) is 0. The number of hydrogen-bond acceptors (Lipinski definition) is 3. The van der Waals surface area contributed by atoms with Gasteiger partial charge in [0.25, 0.3) is 0 Å². The average molecular weight is 366 g/mol. The maximum absolute atomic E-state index is 12.4. The minimum atomic E-state index is -3.58. The third kappa shape index (κ3) is 4.82. The Kier molecular flexibility index (Phi) is 6.40.